The van der Waals surface area contributed by atoms with Crippen molar-refractivity contribution in [2.75, 3.05) is 38.6 Å². The molecule has 1 unspecified atom stereocenters. The van der Waals surface area contributed by atoms with Gasteiger partial charge in [0.1, 0.15) is 5.75 Å². The number of aryl methyl sites for hydroxylation is 1. The number of anilines is 1. The maximum atomic E-state index is 14.0. The Hall–Kier alpha value is -3.65. The van der Waals surface area contributed by atoms with Crippen LogP contribution in [-0.4, -0.2) is 64.7 Å². The normalized spacial score (nSPS) is 19.6. The highest BCUT2D eigenvalue weighted by Gasteiger charge is 2.55. The van der Waals surface area contributed by atoms with Gasteiger partial charge in [0.05, 0.1) is 19.1 Å². The van der Waals surface area contributed by atoms with Gasteiger partial charge in [-0.2, -0.15) is 5.10 Å². The second-order valence-electron chi connectivity index (χ2n) is 9.86. The average Bonchev–Trinajstić information content (AvgIpc) is 3.42. The van der Waals surface area contributed by atoms with Gasteiger partial charge in [0.15, 0.2) is 5.82 Å². The van der Waals surface area contributed by atoms with Gasteiger partial charge in [0.2, 0.25) is 11.8 Å². The van der Waals surface area contributed by atoms with Gasteiger partial charge in [0.25, 0.3) is 0 Å². The predicted molar refractivity (Wildman–Crippen MR) is 138 cm³/mol. The molecule has 2 aliphatic heterocycles. The molecule has 0 aliphatic carbocycles. The fraction of sp³-hybridized carbons (Fsp3) is 0.393. The second-order valence-corrected chi connectivity index (χ2v) is 9.86. The summed E-state index contributed by atoms with van der Waals surface area (Å²) in [6, 6.07) is 20.1. The minimum absolute atomic E-state index is 0.0771. The maximum absolute atomic E-state index is 14.0. The maximum Gasteiger partial charge on any atom is 0.239 e. The lowest BCUT2D eigenvalue weighted by molar-refractivity contribution is -0.139. The summed E-state index contributed by atoms with van der Waals surface area (Å²) in [7, 11) is 3.49. The largest absolute Gasteiger partial charge is 0.497 e. The lowest BCUT2D eigenvalue weighted by atomic mass is 9.68. The molecule has 3 aromatic rings. The van der Waals surface area contributed by atoms with Crippen molar-refractivity contribution in [3.05, 3.63) is 78.0 Å². The van der Waals surface area contributed by atoms with Crippen LogP contribution < -0.4 is 10.1 Å². The molecule has 8 nitrogen and oxygen atoms in total. The number of carbonyl (C=O) groups excluding carboxylic acids is 2. The van der Waals surface area contributed by atoms with Gasteiger partial charge in [-0.25, -0.2) is 0 Å². The van der Waals surface area contributed by atoms with Crippen molar-refractivity contribution in [1.29, 1.82) is 0 Å². The summed E-state index contributed by atoms with van der Waals surface area (Å²) in [5, 5.41) is 7.08. The summed E-state index contributed by atoms with van der Waals surface area (Å²) < 4.78 is 7.15. The lowest BCUT2D eigenvalue weighted by Crippen LogP contribution is -2.48. The topological polar surface area (TPSA) is 79.7 Å². The zero-order valence-electron chi connectivity index (χ0n) is 20.9. The molecule has 2 fully saturated rings. The van der Waals surface area contributed by atoms with E-state index >= 15 is 0 Å². The van der Waals surface area contributed by atoms with E-state index in [1.165, 1.54) is 0 Å². The minimum Gasteiger partial charge on any atom is -0.497 e. The molecule has 5 rings (SSSR count). The number of nitrogens with zero attached hydrogens (tertiary/aromatic N) is 4. The summed E-state index contributed by atoms with van der Waals surface area (Å²) in [6.45, 7) is 2.97. The summed E-state index contributed by atoms with van der Waals surface area (Å²) in [4.78, 5) is 30.7. The smallest absolute Gasteiger partial charge is 0.239 e. The molecule has 3 heterocycles. The van der Waals surface area contributed by atoms with E-state index < -0.39 is 5.41 Å². The molecule has 1 N–H and O–H groups in total. The number of likely N-dealkylation sites (tertiary alicyclic amines) is 2. The van der Waals surface area contributed by atoms with Gasteiger partial charge in [-0.1, -0.05) is 42.5 Å². The Labute approximate surface area is 211 Å². The molecule has 0 bridgehead atoms. The number of methoxy groups -OCH3 is 1. The Morgan fingerprint density at radius 3 is 2.58 bits per heavy atom. The third kappa shape index (κ3) is 4.86. The van der Waals surface area contributed by atoms with E-state index in [-0.39, 0.29) is 17.7 Å². The van der Waals surface area contributed by atoms with Crippen molar-refractivity contribution in [2.45, 2.75) is 25.3 Å². The first kappa shape index (κ1) is 24.1. The molecule has 2 aromatic carbocycles. The highest BCUT2D eigenvalue weighted by Crippen LogP contribution is 2.51. The number of benzene rings is 2. The number of ether oxygens (including phenoxy) is 1. The lowest BCUT2D eigenvalue weighted by Gasteiger charge is -2.41. The summed E-state index contributed by atoms with van der Waals surface area (Å²) in [6.07, 6.45) is 3.23. The zero-order chi connectivity index (χ0) is 25.1. The average molecular weight is 488 g/mol. The number of hydrogen-bond donors (Lipinski definition) is 1. The molecule has 1 atom stereocenters. The molecule has 8 heteroatoms. The number of hydrogen-bond acceptors (Lipinski definition) is 5. The van der Waals surface area contributed by atoms with Crippen LogP contribution in [0.4, 0.5) is 5.82 Å². The highest BCUT2D eigenvalue weighted by atomic mass is 16.5. The first-order chi connectivity index (χ1) is 17.5. The van der Waals surface area contributed by atoms with Crippen LogP contribution in [0.25, 0.3) is 0 Å². The third-order valence-electron chi connectivity index (χ3n) is 7.59. The fourth-order valence-corrected chi connectivity index (χ4v) is 5.70. The Morgan fingerprint density at radius 2 is 1.89 bits per heavy atom. The summed E-state index contributed by atoms with van der Waals surface area (Å²) in [5.74, 6) is 1.57. The van der Waals surface area contributed by atoms with E-state index in [9.17, 15) is 9.59 Å². The number of nitrogens with one attached hydrogen (secondary N) is 1. The standard InChI is InChI=1S/C28H33N5O3/c1-31-14-11-25(30-31)29-26(34)20-32-15-12-28(13-16-32)24(22-9-6-10-23(17-22)36-2)19-33(27(28)35)18-21-7-4-3-5-8-21/h3-11,14,17,24H,12-13,15-16,18-20H2,1-2H3,(H,29,30,34). The van der Waals surface area contributed by atoms with Crippen LogP contribution in [0.15, 0.2) is 66.9 Å². The van der Waals surface area contributed by atoms with E-state index in [1.807, 2.05) is 42.3 Å². The number of rotatable bonds is 7. The van der Waals surface area contributed by atoms with Gasteiger partial charge in [0, 0.05) is 38.3 Å². The molecule has 1 spiro atoms. The molecule has 36 heavy (non-hydrogen) atoms. The Bertz CT molecular complexity index is 1220. The molecule has 1 aromatic heterocycles. The SMILES string of the molecule is COc1cccc(C2CN(Cc3ccccc3)C(=O)C23CCN(CC(=O)Nc2ccn(C)n2)CC3)c1. The Morgan fingerprint density at radius 1 is 1.11 bits per heavy atom. The van der Waals surface area contributed by atoms with Crippen molar-refractivity contribution in [2.24, 2.45) is 12.5 Å². The van der Waals surface area contributed by atoms with Crippen LogP contribution >= 0.6 is 0 Å². The van der Waals surface area contributed by atoms with E-state index in [4.69, 9.17) is 4.74 Å². The molecular weight excluding hydrogens is 454 g/mol. The van der Waals surface area contributed by atoms with Crippen LogP contribution in [0.3, 0.4) is 0 Å². The van der Waals surface area contributed by atoms with E-state index in [0.29, 0.717) is 38.5 Å². The predicted octanol–water partition coefficient (Wildman–Crippen LogP) is 3.28. The van der Waals surface area contributed by atoms with Gasteiger partial charge < -0.3 is 15.0 Å². The Balaban J connectivity index is 1.33. The zero-order valence-corrected chi connectivity index (χ0v) is 20.9. The number of amides is 2. The quantitative estimate of drug-likeness (QED) is 0.553. The van der Waals surface area contributed by atoms with Crippen molar-refractivity contribution in [1.82, 2.24) is 19.6 Å². The van der Waals surface area contributed by atoms with Crippen LogP contribution in [0.2, 0.25) is 0 Å². The van der Waals surface area contributed by atoms with Crippen LogP contribution in [0.1, 0.15) is 29.9 Å². The number of carbonyl (C=O) groups is 2. The molecule has 0 saturated carbocycles. The number of piperidine rings is 1. The van der Waals surface area contributed by atoms with E-state index in [2.05, 4.69) is 39.6 Å². The van der Waals surface area contributed by atoms with Crippen molar-refractivity contribution in [3.63, 3.8) is 0 Å². The minimum atomic E-state index is -0.477. The van der Waals surface area contributed by atoms with E-state index in [1.54, 1.807) is 24.1 Å². The Kier molecular flexibility index (Phi) is 6.78. The van der Waals surface area contributed by atoms with Crippen molar-refractivity contribution in [3.8, 4) is 5.75 Å². The first-order valence-corrected chi connectivity index (χ1v) is 12.5. The van der Waals surface area contributed by atoms with Crippen LogP contribution in [-0.2, 0) is 23.2 Å². The van der Waals surface area contributed by atoms with Gasteiger partial charge in [-0.3, -0.25) is 19.2 Å². The van der Waals surface area contributed by atoms with Crippen LogP contribution in [0.5, 0.6) is 5.75 Å². The first-order valence-electron chi connectivity index (χ1n) is 12.5. The van der Waals surface area contributed by atoms with E-state index in [0.717, 1.165) is 29.7 Å². The molecule has 0 radical (unpaired) electrons. The number of aromatic nitrogens is 2. The van der Waals surface area contributed by atoms with Crippen LogP contribution in [0, 0.1) is 5.41 Å². The molecule has 2 saturated heterocycles. The van der Waals surface area contributed by atoms with Crippen molar-refractivity contribution < 1.29 is 14.3 Å². The highest BCUT2D eigenvalue weighted by molar-refractivity contribution is 5.91. The monoisotopic (exact) mass is 487 g/mol. The van der Waals surface area contributed by atoms with Gasteiger partial charge >= 0.3 is 0 Å². The third-order valence-corrected chi connectivity index (χ3v) is 7.59. The molecule has 2 aliphatic rings. The summed E-state index contributed by atoms with van der Waals surface area (Å²) in [5.41, 5.74) is 1.80. The van der Waals surface area contributed by atoms with Gasteiger partial charge in [-0.15, -0.1) is 0 Å². The fourth-order valence-electron chi connectivity index (χ4n) is 5.70. The molecule has 188 valence electrons. The van der Waals surface area contributed by atoms with Gasteiger partial charge in [-0.05, 0) is 49.2 Å². The second kappa shape index (κ2) is 10.1. The molecular formula is C28H33N5O3. The molecule has 2 amide bonds. The summed E-state index contributed by atoms with van der Waals surface area (Å²) >= 11 is 0. The van der Waals surface area contributed by atoms with Crippen molar-refractivity contribution >= 4 is 17.6 Å².